The summed E-state index contributed by atoms with van der Waals surface area (Å²) in [5.74, 6) is 0.654. The highest BCUT2D eigenvalue weighted by Crippen LogP contribution is 2.22. The fraction of sp³-hybridized carbons (Fsp3) is 0.154. The van der Waals surface area contributed by atoms with Crippen LogP contribution < -0.4 is 16.4 Å². The van der Waals surface area contributed by atoms with E-state index in [1.54, 1.807) is 31.4 Å². The molecule has 0 fully saturated rings. The lowest BCUT2D eigenvalue weighted by atomic mass is 10.1. The summed E-state index contributed by atoms with van der Waals surface area (Å²) < 4.78 is 0. The zero-order valence-electron chi connectivity index (χ0n) is 10.8. The number of benzene rings is 1. The van der Waals surface area contributed by atoms with Gasteiger partial charge >= 0.3 is 0 Å². The third-order valence-corrected chi connectivity index (χ3v) is 2.64. The van der Waals surface area contributed by atoms with Gasteiger partial charge in [-0.2, -0.15) is 4.98 Å². The van der Waals surface area contributed by atoms with Crippen molar-refractivity contribution in [3.8, 4) is 0 Å². The zero-order valence-corrected chi connectivity index (χ0v) is 10.8. The Morgan fingerprint density at radius 2 is 2.05 bits per heavy atom. The molecule has 98 valence electrons. The summed E-state index contributed by atoms with van der Waals surface area (Å²) in [6.45, 7) is 1.88. The van der Waals surface area contributed by atoms with Gasteiger partial charge in [0.05, 0.1) is 11.3 Å². The number of hydrogen-bond donors (Lipinski definition) is 3. The van der Waals surface area contributed by atoms with E-state index >= 15 is 0 Å². The van der Waals surface area contributed by atoms with Crippen molar-refractivity contribution in [1.29, 1.82) is 0 Å². The number of hydrogen-bond acceptors (Lipinski definition) is 5. The average molecular weight is 257 g/mol. The van der Waals surface area contributed by atoms with Crippen LogP contribution in [0.4, 0.5) is 17.5 Å². The number of carbonyl (C=O) groups is 1. The van der Waals surface area contributed by atoms with Gasteiger partial charge in [0, 0.05) is 18.8 Å². The summed E-state index contributed by atoms with van der Waals surface area (Å²) in [6, 6.07) is 7.03. The maximum atomic E-state index is 11.4. The summed E-state index contributed by atoms with van der Waals surface area (Å²) >= 11 is 0. The summed E-state index contributed by atoms with van der Waals surface area (Å²) in [4.78, 5) is 19.8. The van der Waals surface area contributed by atoms with E-state index in [2.05, 4.69) is 20.6 Å². The molecule has 2 aromatic rings. The topological polar surface area (TPSA) is 92.9 Å². The summed E-state index contributed by atoms with van der Waals surface area (Å²) in [7, 11) is 1.74. The van der Waals surface area contributed by atoms with Crippen LogP contribution in [-0.4, -0.2) is 22.9 Å². The summed E-state index contributed by atoms with van der Waals surface area (Å²) in [5.41, 5.74) is 7.26. The summed E-state index contributed by atoms with van der Waals surface area (Å²) in [6.07, 6.45) is 1.70. The van der Waals surface area contributed by atoms with E-state index in [9.17, 15) is 4.79 Å². The van der Waals surface area contributed by atoms with Crippen LogP contribution in [0.15, 0.2) is 30.5 Å². The van der Waals surface area contributed by atoms with Crippen LogP contribution >= 0.6 is 0 Å². The molecule has 0 unspecified atom stereocenters. The van der Waals surface area contributed by atoms with Crippen LogP contribution in [0.2, 0.25) is 0 Å². The van der Waals surface area contributed by atoms with Crippen LogP contribution in [0.5, 0.6) is 0 Å². The van der Waals surface area contributed by atoms with Gasteiger partial charge in [-0.05, 0) is 19.1 Å². The molecule has 0 aliphatic heterocycles. The van der Waals surface area contributed by atoms with Crippen molar-refractivity contribution in [2.24, 2.45) is 5.73 Å². The fourth-order valence-electron chi connectivity index (χ4n) is 1.62. The number of aromatic nitrogens is 2. The molecule has 0 atom stereocenters. The van der Waals surface area contributed by atoms with Gasteiger partial charge in [-0.3, -0.25) is 4.79 Å². The highest BCUT2D eigenvalue weighted by atomic mass is 16.1. The highest BCUT2D eigenvalue weighted by molar-refractivity contribution is 5.99. The smallest absolute Gasteiger partial charge is 0.250 e. The van der Waals surface area contributed by atoms with E-state index in [1.165, 1.54) is 0 Å². The van der Waals surface area contributed by atoms with Crippen molar-refractivity contribution in [3.63, 3.8) is 0 Å². The third kappa shape index (κ3) is 2.79. The summed E-state index contributed by atoms with van der Waals surface area (Å²) in [5, 5.41) is 5.97. The number of primary amides is 1. The number of amides is 1. The van der Waals surface area contributed by atoms with Crippen molar-refractivity contribution in [2.75, 3.05) is 17.7 Å². The van der Waals surface area contributed by atoms with E-state index < -0.39 is 5.91 Å². The number of carbonyl (C=O) groups excluding carboxylic acids is 1. The van der Waals surface area contributed by atoms with Gasteiger partial charge in [0.15, 0.2) is 0 Å². The molecule has 6 heteroatoms. The highest BCUT2D eigenvalue weighted by Gasteiger charge is 2.09. The van der Waals surface area contributed by atoms with E-state index in [1.807, 2.05) is 13.0 Å². The number of aryl methyl sites for hydroxylation is 1. The van der Waals surface area contributed by atoms with E-state index in [4.69, 9.17) is 5.73 Å². The lowest BCUT2D eigenvalue weighted by molar-refractivity contribution is 0.100. The predicted octanol–water partition coefficient (Wildman–Crippen LogP) is 1.67. The van der Waals surface area contributed by atoms with Gasteiger partial charge in [-0.15, -0.1) is 0 Å². The largest absolute Gasteiger partial charge is 0.366 e. The molecule has 0 saturated heterocycles. The van der Waals surface area contributed by atoms with Crippen LogP contribution in [0.1, 0.15) is 15.9 Å². The predicted molar refractivity (Wildman–Crippen MR) is 74.6 cm³/mol. The van der Waals surface area contributed by atoms with Gasteiger partial charge in [-0.1, -0.05) is 12.1 Å². The van der Waals surface area contributed by atoms with Crippen LogP contribution in [0, 0.1) is 6.92 Å². The van der Waals surface area contributed by atoms with Crippen LogP contribution in [0.25, 0.3) is 0 Å². The molecule has 0 aliphatic rings. The number of nitrogens with two attached hydrogens (primary N) is 1. The molecule has 1 amide bonds. The van der Waals surface area contributed by atoms with Gasteiger partial charge < -0.3 is 16.4 Å². The van der Waals surface area contributed by atoms with Crippen LogP contribution in [-0.2, 0) is 0 Å². The van der Waals surface area contributed by atoms with E-state index in [-0.39, 0.29) is 0 Å². The molecule has 1 aromatic carbocycles. The number of nitrogens with one attached hydrogen (secondary N) is 2. The fourth-order valence-corrected chi connectivity index (χ4v) is 1.62. The van der Waals surface area contributed by atoms with Gasteiger partial charge in [0.1, 0.15) is 5.82 Å². The minimum absolute atomic E-state index is 0.423. The second-order valence-electron chi connectivity index (χ2n) is 4.01. The first kappa shape index (κ1) is 12.8. The standard InChI is InChI=1S/C13H15N5O/c1-8-7-16-13(15-2)18-12(8)17-10-6-4-3-5-9(10)11(14)19/h3-7H,1-2H3,(H2,14,19)(H2,15,16,17,18). The lowest BCUT2D eigenvalue weighted by Crippen LogP contribution is -2.13. The van der Waals surface area contributed by atoms with Crippen molar-refractivity contribution < 1.29 is 4.79 Å². The normalized spacial score (nSPS) is 10.0. The molecule has 0 aliphatic carbocycles. The number of anilines is 3. The first-order valence-corrected chi connectivity index (χ1v) is 5.79. The second kappa shape index (κ2) is 5.34. The van der Waals surface area contributed by atoms with Gasteiger partial charge in [0.2, 0.25) is 5.95 Å². The maximum Gasteiger partial charge on any atom is 0.250 e. The van der Waals surface area contributed by atoms with Crippen LogP contribution in [0.3, 0.4) is 0 Å². The van der Waals surface area contributed by atoms with Gasteiger partial charge in [-0.25, -0.2) is 4.98 Å². The second-order valence-corrected chi connectivity index (χ2v) is 4.01. The minimum atomic E-state index is -0.483. The quantitative estimate of drug-likeness (QED) is 0.774. The molecule has 6 nitrogen and oxygen atoms in total. The first-order chi connectivity index (χ1) is 9.11. The number of nitrogens with zero attached hydrogens (tertiary/aromatic N) is 2. The molecule has 0 radical (unpaired) electrons. The Balaban J connectivity index is 2.38. The zero-order chi connectivity index (χ0) is 13.8. The molecule has 0 bridgehead atoms. The Kier molecular flexibility index (Phi) is 3.61. The molecule has 19 heavy (non-hydrogen) atoms. The monoisotopic (exact) mass is 257 g/mol. The SMILES string of the molecule is CNc1ncc(C)c(Nc2ccccc2C(N)=O)n1. The molecule has 2 rings (SSSR count). The maximum absolute atomic E-state index is 11.4. The average Bonchev–Trinajstić information content (AvgIpc) is 2.41. The molecule has 1 heterocycles. The molecule has 0 saturated carbocycles. The Bertz CT molecular complexity index is 612. The van der Waals surface area contributed by atoms with E-state index in [0.29, 0.717) is 23.0 Å². The van der Waals surface area contributed by atoms with E-state index in [0.717, 1.165) is 5.56 Å². The molecule has 4 N–H and O–H groups in total. The third-order valence-electron chi connectivity index (χ3n) is 2.64. The number of para-hydroxylation sites is 1. The number of rotatable bonds is 4. The molecule has 0 spiro atoms. The first-order valence-electron chi connectivity index (χ1n) is 5.79. The minimum Gasteiger partial charge on any atom is -0.366 e. The Morgan fingerprint density at radius 3 is 2.74 bits per heavy atom. The lowest BCUT2D eigenvalue weighted by Gasteiger charge is -2.11. The van der Waals surface area contributed by atoms with Crippen molar-refractivity contribution in [3.05, 3.63) is 41.6 Å². The molecular formula is C13H15N5O. The Morgan fingerprint density at radius 1 is 1.32 bits per heavy atom. The van der Waals surface area contributed by atoms with Crippen molar-refractivity contribution in [2.45, 2.75) is 6.92 Å². The van der Waals surface area contributed by atoms with Gasteiger partial charge in [0.25, 0.3) is 5.91 Å². The van der Waals surface area contributed by atoms with Crippen molar-refractivity contribution in [1.82, 2.24) is 9.97 Å². The molecular weight excluding hydrogens is 242 g/mol. The van der Waals surface area contributed by atoms with Crippen molar-refractivity contribution >= 4 is 23.4 Å². The Labute approximate surface area is 111 Å². The molecule has 1 aromatic heterocycles. The Hall–Kier alpha value is -2.63.